The fourth-order valence-corrected chi connectivity index (χ4v) is 2.55. The third-order valence-electron chi connectivity index (χ3n) is 4.19. The summed E-state index contributed by atoms with van der Waals surface area (Å²) >= 11 is 0. The highest BCUT2D eigenvalue weighted by Crippen LogP contribution is 2.31. The van der Waals surface area contributed by atoms with Crippen molar-refractivity contribution in [2.75, 3.05) is 26.9 Å². The third kappa shape index (κ3) is 5.20. The van der Waals surface area contributed by atoms with Gasteiger partial charge in [0.25, 0.3) is 5.91 Å². The molecule has 0 spiro atoms. The molecule has 1 fully saturated rings. The van der Waals surface area contributed by atoms with Crippen LogP contribution in [0, 0.1) is 5.92 Å². The number of nitrogens with zero attached hydrogens (tertiary/aromatic N) is 2. The first-order valence-corrected chi connectivity index (χ1v) is 8.49. The van der Waals surface area contributed by atoms with Crippen LogP contribution in [0.15, 0.2) is 36.5 Å². The second-order valence-corrected chi connectivity index (χ2v) is 6.17. The van der Waals surface area contributed by atoms with Crippen molar-refractivity contribution in [3.8, 4) is 11.4 Å². The molecule has 1 heterocycles. The Balaban J connectivity index is 0.00000243. The number of nitrogens with two attached hydrogens (primary N) is 1. The van der Waals surface area contributed by atoms with Crippen LogP contribution in [0.3, 0.4) is 0 Å². The standard InChI is InChI=1S/C18H24N4O3.ClH/c1-24-9-10-25-16-12-22(14-5-3-2-4-6-14)21-17(16)18(23)20-11-15(19)13-7-8-13;/h2-6,12-13,15H,7-11,19H2,1H3,(H,20,23);1H. The van der Waals surface area contributed by atoms with Gasteiger partial charge in [-0.1, -0.05) is 18.2 Å². The molecule has 1 unspecified atom stereocenters. The Morgan fingerprint density at radius 3 is 2.73 bits per heavy atom. The number of benzene rings is 1. The monoisotopic (exact) mass is 380 g/mol. The first-order valence-electron chi connectivity index (χ1n) is 8.49. The zero-order valence-electron chi connectivity index (χ0n) is 14.8. The minimum absolute atomic E-state index is 0. The van der Waals surface area contributed by atoms with Crippen molar-refractivity contribution in [1.82, 2.24) is 15.1 Å². The lowest BCUT2D eigenvalue weighted by Gasteiger charge is -2.11. The van der Waals surface area contributed by atoms with E-state index in [1.54, 1.807) is 18.0 Å². The molecule has 1 saturated carbocycles. The highest BCUT2D eigenvalue weighted by Gasteiger charge is 2.29. The first-order chi connectivity index (χ1) is 12.2. The Labute approximate surface area is 159 Å². The van der Waals surface area contributed by atoms with Gasteiger partial charge < -0.3 is 20.5 Å². The zero-order valence-corrected chi connectivity index (χ0v) is 15.6. The van der Waals surface area contributed by atoms with Gasteiger partial charge in [0, 0.05) is 19.7 Å². The Morgan fingerprint density at radius 2 is 2.08 bits per heavy atom. The van der Waals surface area contributed by atoms with Crippen LogP contribution in [-0.2, 0) is 4.74 Å². The molecule has 2 aromatic rings. The number of carbonyl (C=O) groups is 1. The molecule has 0 radical (unpaired) electrons. The van der Waals surface area contributed by atoms with Gasteiger partial charge in [0.05, 0.1) is 18.5 Å². The van der Waals surface area contributed by atoms with E-state index in [0.717, 1.165) is 18.5 Å². The normalized spacial score (nSPS) is 14.4. The summed E-state index contributed by atoms with van der Waals surface area (Å²) in [6, 6.07) is 9.58. The molecular weight excluding hydrogens is 356 g/mol. The van der Waals surface area contributed by atoms with Crippen molar-refractivity contribution < 1.29 is 14.3 Å². The fraction of sp³-hybridized carbons (Fsp3) is 0.444. The lowest BCUT2D eigenvalue weighted by molar-refractivity contribution is 0.0937. The van der Waals surface area contributed by atoms with Crippen molar-refractivity contribution in [2.24, 2.45) is 11.7 Å². The van der Waals surface area contributed by atoms with Crippen LogP contribution in [0.2, 0.25) is 0 Å². The molecule has 1 aromatic carbocycles. The van der Waals surface area contributed by atoms with E-state index >= 15 is 0 Å². The summed E-state index contributed by atoms with van der Waals surface area (Å²) in [5.41, 5.74) is 7.16. The highest BCUT2D eigenvalue weighted by atomic mass is 35.5. The van der Waals surface area contributed by atoms with Gasteiger partial charge in [-0.15, -0.1) is 12.4 Å². The van der Waals surface area contributed by atoms with Gasteiger partial charge in [-0.3, -0.25) is 4.79 Å². The summed E-state index contributed by atoms with van der Waals surface area (Å²) < 4.78 is 12.3. The maximum atomic E-state index is 12.5. The van der Waals surface area contributed by atoms with Gasteiger partial charge in [-0.2, -0.15) is 5.10 Å². The number of hydrogen-bond acceptors (Lipinski definition) is 5. The van der Waals surface area contributed by atoms with E-state index in [-0.39, 0.29) is 30.0 Å². The van der Waals surface area contributed by atoms with Gasteiger partial charge in [0.15, 0.2) is 11.4 Å². The number of para-hydroxylation sites is 1. The van der Waals surface area contributed by atoms with Gasteiger partial charge >= 0.3 is 0 Å². The average molecular weight is 381 g/mol. The SMILES string of the molecule is COCCOc1cn(-c2ccccc2)nc1C(=O)NCC(N)C1CC1.Cl. The van der Waals surface area contributed by atoms with Crippen molar-refractivity contribution in [3.05, 3.63) is 42.2 Å². The number of amides is 1. The van der Waals surface area contributed by atoms with E-state index in [2.05, 4.69) is 10.4 Å². The van der Waals surface area contributed by atoms with Crippen LogP contribution in [0.1, 0.15) is 23.3 Å². The number of nitrogens with one attached hydrogen (secondary N) is 1. The quantitative estimate of drug-likeness (QED) is 0.647. The number of aromatic nitrogens is 2. The molecule has 3 rings (SSSR count). The van der Waals surface area contributed by atoms with E-state index in [0.29, 0.717) is 31.4 Å². The molecular formula is C18H25ClN4O3. The summed E-state index contributed by atoms with van der Waals surface area (Å²) in [5.74, 6) is 0.677. The van der Waals surface area contributed by atoms with Crippen LogP contribution >= 0.6 is 12.4 Å². The molecule has 0 aliphatic heterocycles. The number of carbonyl (C=O) groups excluding carboxylic acids is 1. The van der Waals surface area contributed by atoms with Crippen molar-refractivity contribution in [3.63, 3.8) is 0 Å². The molecule has 0 saturated heterocycles. The summed E-state index contributed by atoms with van der Waals surface area (Å²) in [5, 5.41) is 7.26. The summed E-state index contributed by atoms with van der Waals surface area (Å²) in [6.45, 7) is 1.22. The maximum Gasteiger partial charge on any atom is 0.275 e. The lowest BCUT2D eigenvalue weighted by atomic mass is 10.2. The molecule has 1 aliphatic carbocycles. The molecule has 142 valence electrons. The lowest BCUT2D eigenvalue weighted by Crippen LogP contribution is -2.38. The van der Waals surface area contributed by atoms with E-state index in [9.17, 15) is 4.79 Å². The van der Waals surface area contributed by atoms with E-state index in [1.807, 2.05) is 30.3 Å². The molecule has 7 nitrogen and oxygen atoms in total. The molecule has 1 aliphatic rings. The summed E-state index contributed by atoms with van der Waals surface area (Å²) in [7, 11) is 1.60. The van der Waals surface area contributed by atoms with Crippen LogP contribution in [0.4, 0.5) is 0 Å². The predicted molar refractivity (Wildman–Crippen MR) is 101 cm³/mol. The fourth-order valence-electron chi connectivity index (χ4n) is 2.55. The smallest absolute Gasteiger partial charge is 0.275 e. The topological polar surface area (TPSA) is 91.4 Å². The van der Waals surface area contributed by atoms with Gasteiger partial charge in [-0.05, 0) is 30.9 Å². The zero-order chi connectivity index (χ0) is 17.6. The van der Waals surface area contributed by atoms with Crippen molar-refractivity contribution >= 4 is 18.3 Å². The molecule has 0 bridgehead atoms. The van der Waals surface area contributed by atoms with E-state index < -0.39 is 0 Å². The average Bonchev–Trinajstić information content (AvgIpc) is 3.40. The highest BCUT2D eigenvalue weighted by molar-refractivity contribution is 5.95. The summed E-state index contributed by atoms with van der Waals surface area (Å²) in [6.07, 6.45) is 4.00. The Bertz CT molecular complexity index is 704. The minimum atomic E-state index is -0.279. The van der Waals surface area contributed by atoms with E-state index in [4.69, 9.17) is 15.2 Å². The number of rotatable bonds is 9. The molecule has 8 heteroatoms. The van der Waals surface area contributed by atoms with Crippen LogP contribution < -0.4 is 15.8 Å². The van der Waals surface area contributed by atoms with Crippen LogP contribution in [0.25, 0.3) is 5.69 Å². The number of hydrogen-bond donors (Lipinski definition) is 2. The summed E-state index contributed by atoms with van der Waals surface area (Å²) in [4.78, 5) is 12.5. The third-order valence-corrected chi connectivity index (χ3v) is 4.19. The van der Waals surface area contributed by atoms with Crippen LogP contribution in [-0.4, -0.2) is 48.6 Å². The Hall–Kier alpha value is -2.09. The van der Waals surface area contributed by atoms with Crippen molar-refractivity contribution in [2.45, 2.75) is 18.9 Å². The van der Waals surface area contributed by atoms with E-state index in [1.165, 1.54) is 0 Å². The number of methoxy groups -OCH3 is 1. The molecule has 1 amide bonds. The second kappa shape index (κ2) is 9.56. The maximum absolute atomic E-state index is 12.5. The molecule has 3 N–H and O–H groups in total. The molecule has 1 atom stereocenters. The minimum Gasteiger partial charge on any atom is -0.487 e. The van der Waals surface area contributed by atoms with Gasteiger partial charge in [-0.25, -0.2) is 4.68 Å². The predicted octanol–water partition coefficient (Wildman–Crippen LogP) is 1.79. The second-order valence-electron chi connectivity index (χ2n) is 6.17. The first kappa shape index (κ1) is 20.2. The van der Waals surface area contributed by atoms with Crippen molar-refractivity contribution in [1.29, 1.82) is 0 Å². The number of halogens is 1. The Kier molecular flexibility index (Phi) is 7.44. The molecule has 26 heavy (non-hydrogen) atoms. The van der Waals surface area contributed by atoms with Gasteiger partial charge in [0.1, 0.15) is 6.61 Å². The Morgan fingerprint density at radius 1 is 1.35 bits per heavy atom. The van der Waals surface area contributed by atoms with Gasteiger partial charge in [0.2, 0.25) is 0 Å². The number of ether oxygens (including phenoxy) is 2. The largest absolute Gasteiger partial charge is 0.487 e. The van der Waals surface area contributed by atoms with Crippen LogP contribution in [0.5, 0.6) is 5.75 Å². The molecule has 1 aromatic heterocycles.